The van der Waals surface area contributed by atoms with Crippen LogP contribution < -0.4 is 20.1 Å². The highest BCUT2D eigenvalue weighted by Crippen LogP contribution is 2.31. The third kappa shape index (κ3) is 8.96. The van der Waals surface area contributed by atoms with E-state index in [0.29, 0.717) is 43.1 Å². The Kier molecular flexibility index (Phi) is 9.74. The monoisotopic (exact) mass is 518 g/mol. The van der Waals surface area contributed by atoms with Gasteiger partial charge in [-0.05, 0) is 82.4 Å². The molecular weight excluding hydrogens is 478 g/mol. The fourth-order valence-electron chi connectivity index (χ4n) is 4.98. The third-order valence-corrected chi connectivity index (χ3v) is 6.93. The van der Waals surface area contributed by atoms with Crippen molar-refractivity contribution >= 4 is 17.5 Å². The minimum Gasteiger partial charge on any atom is -0.493 e. The Labute approximate surface area is 218 Å². The summed E-state index contributed by atoms with van der Waals surface area (Å²) in [6.07, 6.45) is 7.06. The van der Waals surface area contributed by atoms with E-state index in [-0.39, 0.29) is 6.54 Å². The van der Waals surface area contributed by atoms with Crippen LogP contribution in [0.15, 0.2) is 30.5 Å². The number of aromatic nitrogens is 2. The fraction of sp³-hybridized carbons (Fsp3) is 0.630. The molecule has 0 unspecified atom stereocenters. The van der Waals surface area contributed by atoms with E-state index in [1.165, 1.54) is 25.9 Å². The standard InChI is InChI=1S/C27H40F2N6O2/c1-27(28,29)20-35-15-9-21(10-16-35)19-31-25-8-11-30-26(33-25)32-22-6-7-23(36-2)24(18-22)37-17-5-14-34-12-3-4-13-34/h6-8,11,18,21H,3-5,9-10,12-17,19-20H2,1-2H3,(H2,30,31,32,33). The van der Waals surface area contributed by atoms with Gasteiger partial charge in [0.1, 0.15) is 5.82 Å². The smallest absolute Gasteiger partial charge is 0.257 e. The molecule has 204 valence electrons. The highest BCUT2D eigenvalue weighted by atomic mass is 19.3. The van der Waals surface area contributed by atoms with Gasteiger partial charge in [0.05, 0.1) is 20.3 Å². The second-order valence-electron chi connectivity index (χ2n) is 10.2. The Balaban J connectivity index is 1.25. The number of anilines is 3. The lowest BCUT2D eigenvalue weighted by atomic mass is 9.96. The van der Waals surface area contributed by atoms with Gasteiger partial charge in [-0.2, -0.15) is 4.98 Å². The number of likely N-dealkylation sites (tertiary alicyclic amines) is 2. The minimum atomic E-state index is -2.64. The molecule has 0 aliphatic carbocycles. The minimum absolute atomic E-state index is 0.162. The lowest BCUT2D eigenvalue weighted by Gasteiger charge is -2.33. The summed E-state index contributed by atoms with van der Waals surface area (Å²) in [7, 11) is 1.64. The quantitative estimate of drug-likeness (QED) is 0.364. The SMILES string of the molecule is COc1ccc(Nc2nccc(NCC3CCN(CC(C)(F)F)CC3)n2)cc1OCCCN1CCCC1. The van der Waals surface area contributed by atoms with Crippen LogP contribution in [0.25, 0.3) is 0 Å². The van der Waals surface area contributed by atoms with E-state index in [4.69, 9.17) is 9.47 Å². The third-order valence-electron chi connectivity index (χ3n) is 6.93. The fourth-order valence-corrected chi connectivity index (χ4v) is 4.98. The van der Waals surface area contributed by atoms with Gasteiger partial charge in [0, 0.05) is 38.0 Å². The zero-order valence-electron chi connectivity index (χ0n) is 22.0. The Morgan fingerprint density at radius 2 is 1.84 bits per heavy atom. The molecule has 2 aliphatic heterocycles. The first-order chi connectivity index (χ1) is 17.9. The van der Waals surface area contributed by atoms with E-state index in [1.807, 2.05) is 29.2 Å². The Bertz CT molecular complexity index is 976. The highest BCUT2D eigenvalue weighted by Gasteiger charge is 2.28. The molecule has 2 saturated heterocycles. The van der Waals surface area contributed by atoms with Crippen LogP contribution in [0.5, 0.6) is 11.5 Å². The molecule has 4 rings (SSSR count). The van der Waals surface area contributed by atoms with E-state index >= 15 is 0 Å². The van der Waals surface area contributed by atoms with Gasteiger partial charge in [0.2, 0.25) is 5.95 Å². The molecule has 3 heterocycles. The molecule has 2 fully saturated rings. The van der Waals surface area contributed by atoms with Crippen molar-refractivity contribution in [3.05, 3.63) is 30.5 Å². The lowest BCUT2D eigenvalue weighted by molar-refractivity contribution is -0.0218. The van der Waals surface area contributed by atoms with E-state index < -0.39 is 5.92 Å². The summed E-state index contributed by atoms with van der Waals surface area (Å²) in [6.45, 7) is 7.05. The zero-order valence-corrected chi connectivity index (χ0v) is 22.0. The van der Waals surface area contributed by atoms with Crippen LogP contribution in [-0.2, 0) is 0 Å². The first-order valence-electron chi connectivity index (χ1n) is 13.4. The first kappa shape index (κ1) is 27.3. The van der Waals surface area contributed by atoms with Crippen LogP contribution in [0.4, 0.5) is 26.2 Å². The van der Waals surface area contributed by atoms with Gasteiger partial charge in [0.25, 0.3) is 5.92 Å². The largest absolute Gasteiger partial charge is 0.493 e. The molecule has 10 heteroatoms. The number of ether oxygens (including phenoxy) is 2. The van der Waals surface area contributed by atoms with Crippen LogP contribution in [0.2, 0.25) is 0 Å². The van der Waals surface area contributed by atoms with E-state index in [9.17, 15) is 8.78 Å². The molecule has 2 aliphatic rings. The summed E-state index contributed by atoms with van der Waals surface area (Å²) < 4.78 is 38.0. The van der Waals surface area contributed by atoms with Crippen LogP contribution in [0, 0.1) is 5.92 Å². The molecule has 0 spiro atoms. The van der Waals surface area contributed by atoms with E-state index in [1.54, 1.807) is 13.3 Å². The second-order valence-corrected chi connectivity index (χ2v) is 10.2. The molecular formula is C27H40F2N6O2. The predicted octanol–water partition coefficient (Wildman–Crippen LogP) is 4.87. The van der Waals surface area contributed by atoms with E-state index in [2.05, 4.69) is 25.5 Å². The number of hydrogen-bond donors (Lipinski definition) is 2. The van der Waals surface area contributed by atoms with Crippen molar-refractivity contribution < 1.29 is 18.3 Å². The number of benzene rings is 1. The maximum atomic E-state index is 13.3. The highest BCUT2D eigenvalue weighted by molar-refractivity contribution is 5.60. The molecule has 1 aromatic heterocycles. The summed E-state index contributed by atoms with van der Waals surface area (Å²) in [4.78, 5) is 13.3. The number of alkyl halides is 2. The molecule has 0 saturated carbocycles. The van der Waals surface area contributed by atoms with Gasteiger partial charge >= 0.3 is 0 Å². The molecule has 8 nitrogen and oxygen atoms in total. The summed E-state index contributed by atoms with van der Waals surface area (Å²) in [5.41, 5.74) is 0.813. The Morgan fingerprint density at radius 1 is 1.05 bits per heavy atom. The van der Waals surface area contributed by atoms with Crippen molar-refractivity contribution in [2.75, 3.05) is 70.2 Å². The molecule has 37 heavy (non-hydrogen) atoms. The van der Waals surface area contributed by atoms with E-state index in [0.717, 1.165) is 50.8 Å². The molecule has 1 aromatic carbocycles. The van der Waals surface area contributed by atoms with Gasteiger partial charge in [0.15, 0.2) is 11.5 Å². The number of nitrogens with one attached hydrogen (secondary N) is 2. The molecule has 0 radical (unpaired) electrons. The van der Waals surface area contributed by atoms with Crippen molar-refractivity contribution in [3.8, 4) is 11.5 Å². The number of nitrogens with zero attached hydrogens (tertiary/aromatic N) is 4. The summed E-state index contributed by atoms with van der Waals surface area (Å²) >= 11 is 0. The summed E-state index contributed by atoms with van der Waals surface area (Å²) in [6, 6.07) is 7.53. The van der Waals surface area contributed by atoms with Crippen molar-refractivity contribution in [1.29, 1.82) is 0 Å². The van der Waals surface area contributed by atoms with Crippen LogP contribution in [0.3, 0.4) is 0 Å². The van der Waals surface area contributed by atoms with Gasteiger partial charge in [-0.15, -0.1) is 0 Å². The van der Waals surface area contributed by atoms with Crippen LogP contribution in [-0.4, -0.2) is 85.2 Å². The van der Waals surface area contributed by atoms with Gasteiger partial charge in [-0.3, -0.25) is 4.90 Å². The van der Waals surface area contributed by atoms with Crippen LogP contribution in [0.1, 0.15) is 39.0 Å². The molecule has 0 amide bonds. The molecule has 2 aromatic rings. The lowest BCUT2D eigenvalue weighted by Crippen LogP contribution is -2.41. The maximum Gasteiger partial charge on any atom is 0.257 e. The number of piperidine rings is 1. The van der Waals surface area contributed by atoms with Gasteiger partial charge < -0.3 is 25.0 Å². The predicted molar refractivity (Wildman–Crippen MR) is 142 cm³/mol. The van der Waals surface area contributed by atoms with Crippen molar-refractivity contribution in [1.82, 2.24) is 19.8 Å². The maximum absolute atomic E-state index is 13.3. The van der Waals surface area contributed by atoms with Gasteiger partial charge in [-0.1, -0.05) is 0 Å². The average molecular weight is 519 g/mol. The Hall–Kier alpha value is -2.72. The first-order valence-corrected chi connectivity index (χ1v) is 13.4. The summed E-state index contributed by atoms with van der Waals surface area (Å²) in [5, 5.41) is 6.64. The topological polar surface area (TPSA) is 74.8 Å². The van der Waals surface area contributed by atoms with Crippen molar-refractivity contribution in [3.63, 3.8) is 0 Å². The van der Waals surface area contributed by atoms with Crippen LogP contribution >= 0.6 is 0 Å². The van der Waals surface area contributed by atoms with Gasteiger partial charge in [-0.25, -0.2) is 13.8 Å². The number of halogens is 2. The van der Waals surface area contributed by atoms with Crippen molar-refractivity contribution in [2.45, 2.75) is 45.0 Å². The number of hydrogen-bond acceptors (Lipinski definition) is 8. The molecule has 0 atom stereocenters. The Morgan fingerprint density at radius 3 is 2.57 bits per heavy atom. The normalized spacial score (nSPS) is 17.6. The second kappa shape index (κ2) is 13.2. The number of rotatable bonds is 13. The van der Waals surface area contributed by atoms with Crippen molar-refractivity contribution in [2.24, 2.45) is 5.92 Å². The average Bonchev–Trinajstić information content (AvgIpc) is 3.39. The zero-order chi connectivity index (χ0) is 26.1. The molecule has 0 bridgehead atoms. The summed E-state index contributed by atoms with van der Waals surface area (Å²) in [5.74, 6) is 0.383. The molecule has 2 N–H and O–H groups in total. The number of methoxy groups -OCH3 is 1.